The third-order valence-electron chi connectivity index (χ3n) is 6.05. The maximum Gasteiger partial charge on any atom is 0.329 e. The van der Waals surface area contributed by atoms with Crippen LogP contribution in [0.1, 0.15) is 63.0 Å². The van der Waals surface area contributed by atoms with Crippen molar-refractivity contribution in [3.63, 3.8) is 0 Å². The molecule has 2 aliphatic rings. The number of hydrogen-bond acceptors (Lipinski definition) is 4. The molecule has 0 spiro atoms. The first-order chi connectivity index (χ1) is 14.0. The molecule has 1 aliphatic carbocycles. The Hall–Kier alpha value is -1.69. The predicted molar refractivity (Wildman–Crippen MR) is 119 cm³/mol. The number of nitrogens with one attached hydrogen (secondary N) is 1. The van der Waals surface area contributed by atoms with Crippen molar-refractivity contribution >= 4 is 29.4 Å². The zero-order chi connectivity index (χ0) is 20.8. The van der Waals surface area contributed by atoms with Crippen LogP contribution in [0.2, 0.25) is 0 Å². The number of amides is 2. The van der Waals surface area contributed by atoms with Crippen LogP contribution < -0.4 is 5.32 Å². The molecule has 1 N–H and O–H groups in total. The molecular formula is C23H34N2O3S. The minimum absolute atomic E-state index is 0.0448. The highest BCUT2D eigenvalue weighted by Crippen LogP contribution is 2.41. The van der Waals surface area contributed by atoms with Gasteiger partial charge >= 0.3 is 12.0 Å². The summed E-state index contributed by atoms with van der Waals surface area (Å²) >= 11 is 1.74. The number of para-hydroxylation sites is 1. The van der Waals surface area contributed by atoms with Gasteiger partial charge < -0.3 is 10.1 Å². The molecule has 2 atom stereocenters. The number of ether oxygens (including phenoxy) is 1. The van der Waals surface area contributed by atoms with Gasteiger partial charge in [0, 0.05) is 11.4 Å². The number of anilines is 1. The van der Waals surface area contributed by atoms with Crippen molar-refractivity contribution in [1.29, 1.82) is 0 Å². The van der Waals surface area contributed by atoms with E-state index in [0.717, 1.165) is 42.5 Å². The van der Waals surface area contributed by atoms with Crippen LogP contribution in [0.4, 0.5) is 10.5 Å². The fourth-order valence-electron chi connectivity index (χ4n) is 4.35. The van der Waals surface area contributed by atoms with E-state index in [1.54, 1.807) is 16.7 Å². The standard InChI is InChI=1S/C23H34N2O3S/c1-4-5-14-28-22(26)19-15-29-21(18-12-7-6-8-13-18)25(19)23(27)24-20-16(2)10-9-11-17(20)3/h9-11,18-19,21H,4-8,12-15H2,1-3H3,(H,24,27). The Morgan fingerprint density at radius 3 is 2.52 bits per heavy atom. The molecule has 1 heterocycles. The molecule has 29 heavy (non-hydrogen) atoms. The Labute approximate surface area is 178 Å². The number of carbonyl (C=O) groups is 2. The molecule has 1 saturated heterocycles. The largest absolute Gasteiger partial charge is 0.464 e. The highest BCUT2D eigenvalue weighted by molar-refractivity contribution is 8.00. The summed E-state index contributed by atoms with van der Waals surface area (Å²) in [7, 11) is 0. The van der Waals surface area contributed by atoms with Crippen LogP contribution in [0.25, 0.3) is 0 Å². The van der Waals surface area contributed by atoms with Gasteiger partial charge in [0.15, 0.2) is 0 Å². The molecule has 6 heteroatoms. The monoisotopic (exact) mass is 418 g/mol. The van der Waals surface area contributed by atoms with E-state index in [2.05, 4.69) is 12.2 Å². The van der Waals surface area contributed by atoms with E-state index >= 15 is 0 Å². The first-order valence-corrected chi connectivity index (χ1v) is 12.0. The molecule has 1 aromatic rings. The van der Waals surface area contributed by atoms with E-state index in [9.17, 15) is 9.59 Å². The number of esters is 1. The fraction of sp³-hybridized carbons (Fsp3) is 0.652. The van der Waals surface area contributed by atoms with Crippen molar-refractivity contribution in [2.75, 3.05) is 17.7 Å². The molecule has 1 aliphatic heterocycles. The third-order valence-corrected chi connectivity index (χ3v) is 7.51. The van der Waals surface area contributed by atoms with Crippen molar-refractivity contribution in [2.45, 2.75) is 77.1 Å². The van der Waals surface area contributed by atoms with Gasteiger partial charge in [-0.05, 0) is 50.2 Å². The van der Waals surface area contributed by atoms with Crippen LogP contribution in [0.5, 0.6) is 0 Å². The second-order valence-corrected chi connectivity index (χ2v) is 9.41. The number of unbranched alkanes of at least 4 members (excludes halogenated alkanes) is 1. The maximum atomic E-state index is 13.4. The summed E-state index contributed by atoms with van der Waals surface area (Å²) < 4.78 is 5.51. The molecule has 0 bridgehead atoms. The minimum Gasteiger partial charge on any atom is -0.464 e. The maximum absolute atomic E-state index is 13.4. The quantitative estimate of drug-likeness (QED) is 0.489. The number of benzene rings is 1. The summed E-state index contributed by atoms with van der Waals surface area (Å²) in [6, 6.07) is 5.30. The third kappa shape index (κ3) is 5.27. The Kier molecular flexibility index (Phi) is 7.87. The van der Waals surface area contributed by atoms with E-state index < -0.39 is 6.04 Å². The van der Waals surface area contributed by atoms with Crippen molar-refractivity contribution in [1.82, 2.24) is 4.90 Å². The Morgan fingerprint density at radius 1 is 1.17 bits per heavy atom. The zero-order valence-corrected chi connectivity index (χ0v) is 18.7. The first-order valence-electron chi connectivity index (χ1n) is 11.0. The lowest BCUT2D eigenvalue weighted by Gasteiger charge is -2.35. The van der Waals surface area contributed by atoms with Crippen LogP contribution in [-0.4, -0.2) is 40.7 Å². The van der Waals surface area contributed by atoms with Gasteiger partial charge in [-0.2, -0.15) is 0 Å². The predicted octanol–water partition coefficient (Wildman–Crippen LogP) is 5.50. The van der Waals surface area contributed by atoms with Crippen molar-refractivity contribution < 1.29 is 14.3 Å². The molecule has 160 valence electrons. The lowest BCUT2D eigenvalue weighted by atomic mass is 9.88. The van der Waals surface area contributed by atoms with Crippen LogP contribution in [0.15, 0.2) is 18.2 Å². The molecule has 0 radical (unpaired) electrons. The molecule has 2 fully saturated rings. The molecule has 2 amide bonds. The first kappa shape index (κ1) is 22.0. The van der Waals surface area contributed by atoms with Gasteiger partial charge in [-0.25, -0.2) is 9.59 Å². The second-order valence-electron chi connectivity index (χ2n) is 8.26. The highest BCUT2D eigenvalue weighted by atomic mass is 32.2. The van der Waals surface area contributed by atoms with Crippen molar-refractivity contribution in [3.05, 3.63) is 29.3 Å². The van der Waals surface area contributed by atoms with Crippen LogP contribution in [-0.2, 0) is 9.53 Å². The zero-order valence-electron chi connectivity index (χ0n) is 17.9. The van der Waals surface area contributed by atoms with Gasteiger partial charge in [0.2, 0.25) is 0 Å². The summed E-state index contributed by atoms with van der Waals surface area (Å²) in [5.74, 6) is 0.804. The summed E-state index contributed by atoms with van der Waals surface area (Å²) in [5, 5.41) is 3.15. The molecular weight excluding hydrogens is 384 g/mol. The van der Waals surface area contributed by atoms with E-state index in [0.29, 0.717) is 18.3 Å². The number of nitrogens with zero attached hydrogens (tertiary/aromatic N) is 1. The van der Waals surface area contributed by atoms with Crippen LogP contribution in [0.3, 0.4) is 0 Å². The topological polar surface area (TPSA) is 58.6 Å². The minimum atomic E-state index is -0.506. The number of carbonyl (C=O) groups excluding carboxylic acids is 2. The van der Waals surface area contributed by atoms with E-state index in [1.807, 2.05) is 32.0 Å². The van der Waals surface area contributed by atoms with Gasteiger partial charge in [-0.15, -0.1) is 11.8 Å². The fourth-order valence-corrected chi connectivity index (χ4v) is 5.97. The lowest BCUT2D eigenvalue weighted by molar-refractivity contribution is -0.148. The number of thioether (sulfide) groups is 1. The smallest absolute Gasteiger partial charge is 0.329 e. The molecule has 5 nitrogen and oxygen atoms in total. The lowest BCUT2D eigenvalue weighted by Crippen LogP contribution is -2.50. The molecule has 0 aromatic heterocycles. The molecule has 1 saturated carbocycles. The summed E-state index contributed by atoms with van der Waals surface area (Å²) in [6.07, 6.45) is 7.77. The number of urea groups is 1. The van der Waals surface area contributed by atoms with Crippen LogP contribution in [0, 0.1) is 19.8 Å². The van der Waals surface area contributed by atoms with Crippen molar-refractivity contribution in [3.8, 4) is 0 Å². The van der Waals surface area contributed by atoms with E-state index in [4.69, 9.17) is 4.74 Å². The van der Waals surface area contributed by atoms with E-state index in [-0.39, 0.29) is 17.4 Å². The number of aryl methyl sites for hydroxylation is 2. The van der Waals surface area contributed by atoms with Gasteiger partial charge in [-0.3, -0.25) is 4.90 Å². The highest BCUT2D eigenvalue weighted by Gasteiger charge is 2.45. The average molecular weight is 419 g/mol. The Bertz CT molecular complexity index is 698. The van der Waals surface area contributed by atoms with Gasteiger partial charge in [0.1, 0.15) is 6.04 Å². The Morgan fingerprint density at radius 2 is 1.86 bits per heavy atom. The number of hydrogen-bond donors (Lipinski definition) is 1. The normalized spacial score (nSPS) is 22.5. The number of rotatable bonds is 6. The van der Waals surface area contributed by atoms with Gasteiger partial charge in [0.05, 0.1) is 12.0 Å². The molecule has 3 rings (SSSR count). The van der Waals surface area contributed by atoms with Gasteiger partial charge in [0.25, 0.3) is 0 Å². The summed E-state index contributed by atoms with van der Waals surface area (Å²) in [6.45, 7) is 6.49. The van der Waals surface area contributed by atoms with Crippen LogP contribution >= 0.6 is 11.8 Å². The summed E-state index contributed by atoms with van der Waals surface area (Å²) in [4.78, 5) is 28.0. The SMILES string of the molecule is CCCCOC(=O)C1CSC(C2CCCCC2)N1C(=O)Nc1c(C)cccc1C. The average Bonchev–Trinajstić information content (AvgIpc) is 3.17. The second kappa shape index (κ2) is 10.4. The Balaban J connectivity index is 1.80. The van der Waals surface area contributed by atoms with Crippen molar-refractivity contribution in [2.24, 2.45) is 5.92 Å². The molecule has 2 unspecified atom stereocenters. The summed E-state index contributed by atoms with van der Waals surface area (Å²) in [5.41, 5.74) is 2.90. The van der Waals surface area contributed by atoms with E-state index in [1.165, 1.54) is 19.3 Å². The molecule has 1 aromatic carbocycles. The van der Waals surface area contributed by atoms with Gasteiger partial charge in [-0.1, -0.05) is 50.8 Å².